The van der Waals surface area contributed by atoms with Crippen LogP contribution < -0.4 is 4.74 Å². The van der Waals surface area contributed by atoms with Crippen molar-refractivity contribution in [2.75, 3.05) is 0 Å². The fraction of sp³-hybridized carbons (Fsp3) is 0.182. The van der Waals surface area contributed by atoms with E-state index >= 15 is 0 Å². The van der Waals surface area contributed by atoms with Gasteiger partial charge in [0, 0.05) is 0 Å². The maximum atomic E-state index is 13.5. The van der Waals surface area contributed by atoms with E-state index in [1.807, 2.05) is 36.4 Å². The molecule has 0 heterocycles. The van der Waals surface area contributed by atoms with Gasteiger partial charge < -0.3 is 9.84 Å². The highest BCUT2D eigenvalue weighted by molar-refractivity contribution is 7.91. The second kappa shape index (κ2) is 12.7. The first-order chi connectivity index (χ1) is 23.6. The summed E-state index contributed by atoms with van der Waals surface area (Å²) < 4.78 is 33.2. The standard InChI is InChI=1S/C44H40O4S/c1-4-5-30-43(2,3)31-18-26-37(27-19-31)49(46,47)38-28-24-36(25-29-38)48-35-22-16-33(17-23-35)44(32-14-20-34(45)21-15-32)41-12-8-6-10-39(41)40-11-7-9-13-42(40)44/h6-29,45H,4-5,30H2,1-3H3. The van der Waals surface area contributed by atoms with Crippen LogP contribution in [0.15, 0.2) is 155 Å². The topological polar surface area (TPSA) is 63.6 Å². The van der Waals surface area contributed by atoms with Crippen LogP contribution in [0.4, 0.5) is 0 Å². The van der Waals surface area contributed by atoms with Crippen molar-refractivity contribution < 1.29 is 18.3 Å². The minimum atomic E-state index is -3.68. The lowest BCUT2D eigenvalue weighted by Crippen LogP contribution is -2.28. The molecule has 0 saturated heterocycles. The predicted octanol–water partition coefficient (Wildman–Crippen LogP) is 10.8. The Bertz CT molecular complexity index is 2150. The number of aromatic hydroxyl groups is 1. The molecular formula is C44H40O4S. The van der Waals surface area contributed by atoms with Gasteiger partial charge in [-0.25, -0.2) is 8.42 Å². The summed E-state index contributed by atoms with van der Waals surface area (Å²) in [5.74, 6) is 1.41. The Morgan fingerprint density at radius 1 is 0.612 bits per heavy atom. The van der Waals surface area contributed by atoms with Crippen LogP contribution in [0, 0.1) is 0 Å². The fourth-order valence-corrected chi connectivity index (χ4v) is 8.58. The van der Waals surface area contributed by atoms with Gasteiger partial charge in [0.2, 0.25) is 9.84 Å². The van der Waals surface area contributed by atoms with Crippen LogP contribution in [0.1, 0.15) is 67.9 Å². The number of hydrogen-bond acceptors (Lipinski definition) is 4. The van der Waals surface area contributed by atoms with Gasteiger partial charge >= 0.3 is 0 Å². The van der Waals surface area contributed by atoms with Crippen LogP contribution >= 0.6 is 0 Å². The molecule has 7 rings (SSSR count). The summed E-state index contributed by atoms with van der Waals surface area (Å²) in [5, 5.41) is 10.2. The first-order valence-corrected chi connectivity index (χ1v) is 18.4. The summed E-state index contributed by atoms with van der Waals surface area (Å²) in [6, 6.07) is 46.5. The van der Waals surface area contributed by atoms with Gasteiger partial charge in [-0.3, -0.25) is 0 Å². The van der Waals surface area contributed by atoms with Crippen LogP contribution in [0.25, 0.3) is 11.1 Å². The van der Waals surface area contributed by atoms with Crippen molar-refractivity contribution in [2.24, 2.45) is 0 Å². The van der Waals surface area contributed by atoms with Crippen molar-refractivity contribution in [3.8, 4) is 28.4 Å². The SMILES string of the molecule is CCCCC(C)(C)c1ccc(S(=O)(=O)c2ccc(Oc3ccc(C4(c5ccc(O)cc5)c5ccccc5-c5ccccc54)cc3)cc2)cc1. The molecule has 5 heteroatoms. The molecule has 0 unspecified atom stereocenters. The van der Waals surface area contributed by atoms with Crippen molar-refractivity contribution in [3.63, 3.8) is 0 Å². The number of phenolic OH excluding ortho intramolecular Hbond substituents is 1. The molecule has 0 aromatic heterocycles. The highest BCUT2D eigenvalue weighted by atomic mass is 32.2. The van der Waals surface area contributed by atoms with E-state index in [4.69, 9.17) is 4.74 Å². The number of fused-ring (bicyclic) bond motifs is 3. The predicted molar refractivity (Wildman–Crippen MR) is 196 cm³/mol. The van der Waals surface area contributed by atoms with Crippen molar-refractivity contribution in [1.82, 2.24) is 0 Å². The molecule has 0 bridgehead atoms. The normalized spacial score (nSPS) is 13.4. The Labute approximate surface area is 289 Å². The lowest BCUT2D eigenvalue weighted by Gasteiger charge is -2.34. The summed E-state index contributed by atoms with van der Waals surface area (Å²) in [6.07, 6.45) is 3.32. The second-order valence-electron chi connectivity index (χ2n) is 13.5. The van der Waals surface area contributed by atoms with Gasteiger partial charge in [-0.1, -0.05) is 119 Å². The first kappa shape index (κ1) is 32.4. The minimum absolute atomic E-state index is 0.00627. The van der Waals surface area contributed by atoms with E-state index in [0.29, 0.717) is 11.5 Å². The van der Waals surface area contributed by atoms with E-state index in [-0.39, 0.29) is 21.0 Å². The van der Waals surface area contributed by atoms with Gasteiger partial charge in [-0.05, 0) is 111 Å². The largest absolute Gasteiger partial charge is 0.508 e. The second-order valence-corrected chi connectivity index (χ2v) is 15.5. The summed E-state index contributed by atoms with van der Waals surface area (Å²) in [6.45, 7) is 6.60. The quantitative estimate of drug-likeness (QED) is 0.158. The van der Waals surface area contributed by atoms with Crippen LogP contribution in [0.5, 0.6) is 17.2 Å². The lowest BCUT2D eigenvalue weighted by molar-refractivity contribution is 0.457. The molecule has 0 saturated carbocycles. The van der Waals surface area contributed by atoms with Gasteiger partial charge in [-0.15, -0.1) is 0 Å². The van der Waals surface area contributed by atoms with Crippen molar-refractivity contribution >= 4 is 9.84 Å². The van der Waals surface area contributed by atoms with E-state index in [1.165, 1.54) is 22.3 Å². The van der Waals surface area contributed by atoms with E-state index in [0.717, 1.165) is 36.0 Å². The number of ether oxygens (including phenoxy) is 1. The number of benzene rings is 6. The minimum Gasteiger partial charge on any atom is -0.508 e. The third kappa shape index (κ3) is 5.72. The molecule has 6 aromatic rings. The number of rotatable bonds is 10. The zero-order valence-electron chi connectivity index (χ0n) is 28.1. The number of phenols is 1. The molecule has 1 N–H and O–H groups in total. The maximum Gasteiger partial charge on any atom is 0.206 e. The van der Waals surface area contributed by atoms with E-state index in [9.17, 15) is 13.5 Å². The molecule has 49 heavy (non-hydrogen) atoms. The van der Waals surface area contributed by atoms with Gasteiger partial charge in [0.15, 0.2) is 0 Å². The average molecular weight is 665 g/mol. The molecule has 0 fully saturated rings. The Hall–Kier alpha value is -5.13. The van der Waals surface area contributed by atoms with Crippen LogP contribution in [0.2, 0.25) is 0 Å². The van der Waals surface area contributed by atoms with E-state index in [2.05, 4.69) is 81.4 Å². The summed E-state index contributed by atoms with van der Waals surface area (Å²) in [4.78, 5) is 0.506. The Kier molecular flexibility index (Phi) is 8.41. The highest BCUT2D eigenvalue weighted by Gasteiger charge is 2.45. The van der Waals surface area contributed by atoms with Crippen molar-refractivity contribution in [2.45, 2.75) is 60.7 Å². The molecular weight excluding hydrogens is 625 g/mol. The van der Waals surface area contributed by atoms with Crippen LogP contribution in [-0.4, -0.2) is 13.5 Å². The average Bonchev–Trinajstić information content (AvgIpc) is 3.43. The van der Waals surface area contributed by atoms with Crippen LogP contribution in [0.3, 0.4) is 0 Å². The van der Waals surface area contributed by atoms with Crippen molar-refractivity contribution in [3.05, 3.63) is 173 Å². The Morgan fingerprint density at radius 3 is 1.57 bits per heavy atom. The molecule has 1 aliphatic carbocycles. The third-order valence-electron chi connectivity index (χ3n) is 10.0. The number of unbranched alkanes of at least 4 members (excludes halogenated alkanes) is 1. The molecule has 0 aliphatic heterocycles. The monoisotopic (exact) mass is 664 g/mol. The summed E-state index contributed by atoms with van der Waals surface area (Å²) >= 11 is 0. The summed E-state index contributed by atoms with van der Waals surface area (Å²) in [7, 11) is -3.68. The zero-order chi connectivity index (χ0) is 34.2. The highest BCUT2D eigenvalue weighted by Crippen LogP contribution is 2.56. The third-order valence-corrected chi connectivity index (χ3v) is 11.8. The first-order valence-electron chi connectivity index (χ1n) is 16.9. The molecule has 0 radical (unpaired) electrons. The van der Waals surface area contributed by atoms with E-state index < -0.39 is 15.3 Å². The van der Waals surface area contributed by atoms with Crippen LogP contribution in [-0.2, 0) is 20.7 Å². The van der Waals surface area contributed by atoms with E-state index in [1.54, 1.807) is 48.5 Å². The molecule has 4 nitrogen and oxygen atoms in total. The van der Waals surface area contributed by atoms with Gasteiger partial charge in [-0.2, -0.15) is 0 Å². The smallest absolute Gasteiger partial charge is 0.206 e. The lowest BCUT2D eigenvalue weighted by atomic mass is 9.68. The summed E-state index contributed by atoms with van der Waals surface area (Å²) in [5.41, 5.74) is 7.43. The molecule has 0 spiro atoms. The van der Waals surface area contributed by atoms with Gasteiger partial charge in [0.1, 0.15) is 17.2 Å². The molecule has 6 aromatic carbocycles. The maximum absolute atomic E-state index is 13.5. The van der Waals surface area contributed by atoms with Gasteiger partial charge in [0.05, 0.1) is 15.2 Å². The zero-order valence-corrected chi connectivity index (χ0v) is 28.9. The molecule has 0 amide bonds. The molecule has 1 aliphatic rings. The Balaban J connectivity index is 1.16. The fourth-order valence-electron chi connectivity index (χ4n) is 7.32. The van der Waals surface area contributed by atoms with Gasteiger partial charge in [0.25, 0.3) is 0 Å². The Morgan fingerprint density at radius 2 is 1.06 bits per heavy atom. The number of hydrogen-bond donors (Lipinski definition) is 1. The number of sulfone groups is 1. The molecule has 0 atom stereocenters. The van der Waals surface area contributed by atoms with Crippen molar-refractivity contribution in [1.29, 1.82) is 0 Å². The molecule has 246 valence electrons.